The van der Waals surface area contributed by atoms with Crippen molar-refractivity contribution in [2.75, 3.05) is 13.2 Å². The predicted octanol–water partition coefficient (Wildman–Crippen LogP) is 24.1. The Hall–Kier alpha value is -3.15. The third-order valence-corrected chi connectivity index (χ3v) is 15.5. The normalized spacial score (nSPS) is 12.5. The summed E-state index contributed by atoms with van der Waals surface area (Å²) in [7, 11) is 0. The van der Waals surface area contributed by atoms with Crippen LogP contribution < -0.4 is 0 Å². The largest absolute Gasteiger partial charge is 0.462 e. The Kier molecular flexibility index (Phi) is 65.7. The molecule has 0 bridgehead atoms. The molecule has 0 amide bonds. The van der Waals surface area contributed by atoms with Crippen molar-refractivity contribution in [2.45, 2.75) is 367 Å². The molecular weight excluding hydrogens is 985 g/mol. The molecule has 464 valence electrons. The van der Waals surface area contributed by atoms with Gasteiger partial charge in [-0.05, 0) is 70.6 Å². The lowest BCUT2D eigenvalue weighted by atomic mass is 10.0. The summed E-state index contributed by atoms with van der Waals surface area (Å²) < 4.78 is 16.9. The van der Waals surface area contributed by atoms with E-state index in [0.717, 1.165) is 89.9 Å². The van der Waals surface area contributed by atoms with E-state index >= 15 is 0 Å². The number of esters is 3. The van der Waals surface area contributed by atoms with E-state index in [1.54, 1.807) is 0 Å². The number of hydrogen-bond acceptors (Lipinski definition) is 6. The lowest BCUT2D eigenvalue weighted by molar-refractivity contribution is -0.167. The smallest absolute Gasteiger partial charge is 0.306 e. The molecule has 0 heterocycles. The first-order chi connectivity index (χ1) is 39.5. The third kappa shape index (κ3) is 65.7. The lowest BCUT2D eigenvalue weighted by Gasteiger charge is -2.18. The van der Waals surface area contributed by atoms with Gasteiger partial charge >= 0.3 is 17.9 Å². The second kappa shape index (κ2) is 68.3. The average molecular weight is 1120 g/mol. The van der Waals surface area contributed by atoms with E-state index in [9.17, 15) is 14.4 Å². The number of carbonyl (C=O) groups excluding carboxylic acids is 3. The van der Waals surface area contributed by atoms with Gasteiger partial charge < -0.3 is 14.2 Å². The molecule has 0 aliphatic rings. The van der Waals surface area contributed by atoms with E-state index in [1.807, 2.05) is 0 Å². The molecule has 0 spiro atoms. The van der Waals surface area contributed by atoms with Crippen LogP contribution in [0, 0.1) is 0 Å². The van der Waals surface area contributed by atoms with E-state index in [-0.39, 0.29) is 37.5 Å². The SMILES string of the molecule is CC/C=C\C/C=C\C/C=C\C/C=C\C/C=C\C/C=C\CCCCC(=O)OC(COC(=O)CCCCCCCCCCCCCCCCC)COC(=O)CCCCCCCCCCCCCCCCCCCCCCCCCCCC. The summed E-state index contributed by atoms with van der Waals surface area (Å²) in [4.78, 5) is 38.4. The molecule has 80 heavy (non-hydrogen) atoms. The molecule has 0 aliphatic heterocycles. The number of ether oxygens (including phenoxy) is 3. The Bertz CT molecular complexity index is 1470. The van der Waals surface area contributed by atoms with Gasteiger partial charge in [0, 0.05) is 19.3 Å². The molecule has 0 saturated carbocycles. The molecular formula is C74H132O6. The van der Waals surface area contributed by atoms with Crippen LogP contribution in [-0.4, -0.2) is 37.2 Å². The number of carbonyl (C=O) groups is 3. The Balaban J connectivity index is 4.33. The first-order valence-electron chi connectivity index (χ1n) is 34.9. The molecule has 0 aromatic carbocycles. The highest BCUT2D eigenvalue weighted by Crippen LogP contribution is 2.18. The van der Waals surface area contributed by atoms with Crippen LogP contribution in [0.25, 0.3) is 0 Å². The number of allylic oxidation sites excluding steroid dienone is 12. The molecule has 0 aromatic heterocycles. The summed E-state index contributed by atoms with van der Waals surface area (Å²) in [6.45, 7) is 6.55. The van der Waals surface area contributed by atoms with Crippen LogP contribution in [0.1, 0.15) is 361 Å². The van der Waals surface area contributed by atoms with Crippen molar-refractivity contribution in [1.29, 1.82) is 0 Å². The van der Waals surface area contributed by atoms with Crippen molar-refractivity contribution < 1.29 is 28.6 Å². The second-order valence-electron chi connectivity index (χ2n) is 23.4. The van der Waals surface area contributed by atoms with Gasteiger partial charge in [0.25, 0.3) is 0 Å². The first-order valence-corrected chi connectivity index (χ1v) is 34.9. The number of hydrogen-bond donors (Lipinski definition) is 0. The van der Waals surface area contributed by atoms with E-state index in [2.05, 4.69) is 93.7 Å². The minimum atomic E-state index is -0.797. The third-order valence-electron chi connectivity index (χ3n) is 15.5. The summed E-state index contributed by atoms with van der Waals surface area (Å²) in [6.07, 6.45) is 89.3. The fraction of sp³-hybridized carbons (Fsp3) is 0.797. The summed E-state index contributed by atoms with van der Waals surface area (Å²) in [5.41, 5.74) is 0. The zero-order chi connectivity index (χ0) is 57.8. The van der Waals surface area contributed by atoms with Crippen LogP contribution in [0.5, 0.6) is 0 Å². The maximum Gasteiger partial charge on any atom is 0.306 e. The van der Waals surface area contributed by atoms with Crippen LogP contribution in [0.15, 0.2) is 72.9 Å². The fourth-order valence-corrected chi connectivity index (χ4v) is 10.3. The summed E-state index contributed by atoms with van der Waals surface area (Å²) in [6, 6.07) is 0. The van der Waals surface area contributed by atoms with Gasteiger partial charge in [0.15, 0.2) is 6.10 Å². The van der Waals surface area contributed by atoms with Crippen molar-refractivity contribution in [3.05, 3.63) is 72.9 Å². The van der Waals surface area contributed by atoms with Crippen LogP contribution in [-0.2, 0) is 28.6 Å². The maximum atomic E-state index is 12.9. The van der Waals surface area contributed by atoms with E-state index in [0.29, 0.717) is 19.3 Å². The molecule has 0 aromatic rings. The molecule has 0 radical (unpaired) electrons. The van der Waals surface area contributed by atoms with Gasteiger partial charge in [0.1, 0.15) is 13.2 Å². The molecule has 6 heteroatoms. The molecule has 6 nitrogen and oxygen atoms in total. The minimum absolute atomic E-state index is 0.0885. The standard InChI is InChI=1S/C74H132O6/c1-4-7-10-13-16-19-22-25-28-30-32-34-35-36-37-38-40-41-43-46-49-52-55-58-61-64-67-73(76)79-70-71(69-78-72(75)66-63-60-57-54-51-48-45-27-24-21-18-15-12-9-6-3)80-74(77)68-65-62-59-56-53-50-47-44-42-39-33-31-29-26-23-20-17-14-11-8-5-2/h8,11,17,20,26,29,33,39,44,47,53,56,71H,4-7,9-10,12-16,18-19,21-25,27-28,30-32,34-38,40-43,45-46,48-52,54-55,57-70H2,1-3H3/b11-8-,20-17-,29-26-,39-33-,47-44-,56-53-. The Morgan fingerprint density at radius 3 is 0.762 bits per heavy atom. The van der Waals surface area contributed by atoms with E-state index < -0.39 is 6.10 Å². The minimum Gasteiger partial charge on any atom is -0.462 e. The summed E-state index contributed by atoms with van der Waals surface area (Å²) in [5, 5.41) is 0. The van der Waals surface area contributed by atoms with Crippen molar-refractivity contribution in [3.8, 4) is 0 Å². The highest BCUT2D eigenvalue weighted by molar-refractivity contribution is 5.71. The van der Waals surface area contributed by atoms with Gasteiger partial charge in [-0.2, -0.15) is 0 Å². The van der Waals surface area contributed by atoms with Gasteiger partial charge in [0.05, 0.1) is 0 Å². The predicted molar refractivity (Wildman–Crippen MR) is 348 cm³/mol. The van der Waals surface area contributed by atoms with Gasteiger partial charge in [-0.25, -0.2) is 0 Å². The monoisotopic (exact) mass is 1120 g/mol. The highest BCUT2D eigenvalue weighted by atomic mass is 16.6. The Morgan fingerprint density at radius 1 is 0.263 bits per heavy atom. The summed E-state index contributed by atoms with van der Waals surface area (Å²) >= 11 is 0. The molecule has 0 rings (SSSR count). The molecule has 0 fully saturated rings. The quantitative estimate of drug-likeness (QED) is 0.0261. The zero-order valence-corrected chi connectivity index (χ0v) is 53.3. The highest BCUT2D eigenvalue weighted by Gasteiger charge is 2.19. The Labute approximate surface area is 497 Å². The number of unbranched alkanes of at least 4 members (excludes halogenated alkanes) is 41. The summed E-state index contributed by atoms with van der Waals surface area (Å²) in [5.74, 6) is -0.910. The van der Waals surface area contributed by atoms with E-state index in [4.69, 9.17) is 14.2 Å². The van der Waals surface area contributed by atoms with Crippen LogP contribution in [0.3, 0.4) is 0 Å². The van der Waals surface area contributed by atoms with Crippen molar-refractivity contribution in [2.24, 2.45) is 0 Å². The molecule has 1 unspecified atom stereocenters. The topological polar surface area (TPSA) is 78.9 Å². The Morgan fingerprint density at radius 2 is 0.487 bits per heavy atom. The zero-order valence-electron chi connectivity index (χ0n) is 53.3. The number of rotatable bonds is 64. The van der Waals surface area contributed by atoms with Crippen LogP contribution in [0.4, 0.5) is 0 Å². The second-order valence-corrected chi connectivity index (χ2v) is 23.4. The van der Waals surface area contributed by atoms with Crippen LogP contribution in [0.2, 0.25) is 0 Å². The van der Waals surface area contributed by atoms with Crippen LogP contribution >= 0.6 is 0 Å². The first kappa shape index (κ1) is 76.9. The van der Waals surface area contributed by atoms with Gasteiger partial charge in [-0.3, -0.25) is 14.4 Å². The maximum absolute atomic E-state index is 12.9. The van der Waals surface area contributed by atoms with Gasteiger partial charge in [-0.15, -0.1) is 0 Å². The van der Waals surface area contributed by atoms with E-state index in [1.165, 1.54) is 225 Å². The van der Waals surface area contributed by atoms with Crippen molar-refractivity contribution in [1.82, 2.24) is 0 Å². The van der Waals surface area contributed by atoms with Crippen molar-refractivity contribution >= 4 is 17.9 Å². The molecule has 0 N–H and O–H groups in total. The lowest BCUT2D eigenvalue weighted by Crippen LogP contribution is -2.30. The van der Waals surface area contributed by atoms with Gasteiger partial charge in [-0.1, -0.05) is 344 Å². The molecule has 0 saturated heterocycles. The fourth-order valence-electron chi connectivity index (χ4n) is 10.3. The van der Waals surface area contributed by atoms with Crippen molar-refractivity contribution in [3.63, 3.8) is 0 Å². The molecule has 1 atom stereocenters. The average Bonchev–Trinajstić information content (AvgIpc) is 3.46. The molecule has 0 aliphatic carbocycles. The van der Waals surface area contributed by atoms with Gasteiger partial charge in [0.2, 0.25) is 0 Å².